The molecule has 0 aliphatic carbocycles. The third-order valence-electron chi connectivity index (χ3n) is 3.60. The number of amides is 2. The van der Waals surface area contributed by atoms with Gasteiger partial charge >= 0.3 is 5.97 Å². The Balaban J connectivity index is 1.54. The molecule has 2 aromatic rings. The second-order valence-electron chi connectivity index (χ2n) is 5.28. The van der Waals surface area contributed by atoms with Crippen molar-refractivity contribution in [3.05, 3.63) is 83.4 Å². The molecule has 1 aliphatic heterocycles. The Morgan fingerprint density at radius 1 is 0.875 bits per heavy atom. The molecule has 0 atom stereocenters. The maximum Gasteiger partial charge on any atom is 0.336 e. The number of rotatable bonds is 5. The van der Waals surface area contributed by atoms with Crippen LogP contribution in [0.25, 0.3) is 0 Å². The minimum atomic E-state index is -0.659. The van der Waals surface area contributed by atoms with E-state index in [4.69, 9.17) is 4.84 Å². The Bertz CT molecular complexity index is 776. The summed E-state index contributed by atoms with van der Waals surface area (Å²) in [5, 5.41) is 0.526. The summed E-state index contributed by atoms with van der Waals surface area (Å²) in [5.74, 6) is -1.89. The van der Waals surface area contributed by atoms with E-state index in [0.717, 1.165) is 5.56 Å². The lowest BCUT2D eigenvalue weighted by atomic mass is 10.1. The molecule has 0 unspecified atom stereocenters. The van der Waals surface area contributed by atoms with Crippen molar-refractivity contribution in [2.75, 3.05) is 0 Å². The van der Waals surface area contributed by atoms with E-state index in [2.05, 4.69) is 0 Å². The molecule has 0 spiro atoms. The quantitative estimate of drug-likeness (QED) is 0.627. The van der Waals surface area contributed by atoms with E-state index in [1.165, 1.54) is 12.1 Å². The summed E-state index contributed by atoms with van der Waals surface area (Å²) in [6, 6.07) is 16.2. The van der Waals surface area contributed by atoms with Crippen LogP contribution in [0, 0.1) is 0 Å². The van der Waals surface area contributed by atoms with E-state index < -0.39 is 17.8 Å². The minimum absolute atomic E-state index is 0.0137. The summed E-state index contributed by atoms with van der Waals surface area (Å²) in [6.07, 6.45) is 4.19. The molecule has 0 bridgehead atoms. The maximum absolute atomic E-state index is 12.1. The van der Waals surface area contributed by atoms with Crippen LogP contribution in [0.2, 0.25) is 0 Å². The van der Waals surface area contributed by atoms with Gasteiger partial charge in [-0.05, 0) is 24.1 Å². The highest BCUT2D eigenvalue weighted by Crippen LogP contribution is 2.22. The third-order valence-corrected chi connectivity index (χ3v) is 3.60. The molecule has 0 saturated carbocycles. The highest BCUT2D eigenvalue weighted by molar-refractivity contribution is 6.20. The molecule has 1 heterocycles. The molecule has 24 heavy (non-hydrogen) atoms. The number of hydroxylamine groups is 2. The molecule has 0 N–H and O–H groups in total. The van der Waals surface area contributed by atoms with Gasteiger partial charge in [-0.3, -0.25) is 9.59 Å². The normalized spacial score (nSPS) is 13.4. The van der Waals surface area contributed by atoms with E-state index in [0.29, 0.717) is 11.5 Å². The Morgan fingerprint density at radius 2 is 1.46 bits per heavy atom. The average Bonchev–Trinajstić information content (AvgIpc) is 2.85. The summed E-state index contributed by atoms with van der Waals surface area (Å²) >= 11 is 0. The first-order valence-electron chi connectivity index (χ1n) is 7.54. The van der Waals surface area contributed by atoms with Crippen molar-refractivity contribution >= 4 is 17.8 Å². The Hall–Kier alpha value is -3.21. The number of fused-ring (bicyclic) bond motifs is 1. The zero-order valence-corrected chi connectivity index (χ0v) is 12.8. The highest BCUT2D eigenvalue weighted by Gasteiger charge is 2.38. The summed E-state index contributed by atoms with van der Waals surface area (Å²) in [4.78, 5) is 40.9. The average molecular weight is 321 g/mol. The lowest BCUT2D eigenvalue weighted by molar-refractivity contribution is -0.167. The predicted octanol–water partition coefficient (Wildman–Crippen LogP) is 2.93. The second kappa shape index (κ2) is 6.91. The molecular formula is C19H15NO4. The number of hydrogen-bond acceptors (Lipinski definition) is 4. The number of nitrogens with zero attached hydrogens (tertiary/aromatic N) is 1. The molecule has 0 aromatic heterocycles. The number of hydrogen-bond donors (Lipinski definition) is 0. The number of carbonyl (C=O) groups excluding carboxylic acids is 3. The summed E-state index contributed by atoms with van der Waals surface area (Å²) < 4.78 is 0. The SMILES string of the molecule is O=C(C/C=C/Cc1ccccc1)ON1C(=O)c2ccccc2C1=O. The van der Waals surface area contributed by atoms with Crippen molar-refractivity contribution in [3.63, 3.8) is 0 Å². The van der Waals surface area contributed by atoms with Crippen LogP contribution in [-0.4, -0.2) is 22.8 Å². The number of benzene rings is 2. The zero-order valence-electron chi connectivity index (χ0n) is 12.8. The molecule has 5 nitrogen and oxygen atoms in total. The van der Waals surface area contributed by atoms with Crippen LogP contribution in [-0.2, 0) is 16.1 Å². The van der Waals surface area contributed by atoms with E-state index >= 15 is 0 Å². The minimum Gasteiger partial charge on any atom is -0.329 e. The van der Waals surface area contributed by atoms with Crippen molar-refractivity contribution in [2.24, 2.45) is 0 Å². The number of carbonyl (C=O) groups is 3. The summed E-state index contributed by atoms with van der Waals surface area (Å²) in [6.45, 7) is 0. The molecular weight excluding hydrogens is 306 g/mol. The first-order valence-corrected chi connectivity index (χ1v) is 7.54. The monoisotopic (exact) mass is 321 g/mol. The topological polar surface area (TPSA) is 63.7 Å². The molecule has 0 saturated heterocycles. The van der Waals surface area contributed by atoms with Gasteiger partial charge in [-0.15, -0.1) is 0 Å². The fraction of sp³-hybridized carbons (Fsp3) is 0.105. The van der Waals surface area contributed by atoms with Crippen molar-refractivity contribution in [2.45, 2.75) is 12.8 Å². The Kier molecular flexibility index (Phi) is 4.52. The highest BCUT2D eigenvalue weighted by atomic mass is 16.7. The summed E-state index contributed by atoms with van der Waals surface area (Å²) in [7, 11) is 0. The molecule has 1 aliphatic rings. The Morgan fingerprint density at radius 3 is 2.08 bits per heavy atom. The third kappa shape index (κ3) is 3.25. The molecule has 120 valence electrons. The van der Waals surface area contributed by atoms with E-state index in [1.54, 1.807) is 18.2 Å². The van der Waals surface area contributed by atoms with Gasteiger partial charge in [0.25, 0.3) is 11.8 Å². The number of imide groups is 1. The van der Waals surface area contributed by atoms with Gasteiger partial charge in [-0.2, -0.15) is 0 Å². The van der Waals surface area contributed by atoms with Gasteiger partial charge in [0.2, 0.25) is 0 Å². The van der Waals surface area contributed by atoms with Gasteiger partial charge in [-0.1, -0.05) is 59.7 Å². The molecule has 2 aromatic carbocycles. The van der Waals surface area contributed by atoms with Gasteiger partial charge in [0, 0.05) is 0 Å². The Labute approximate surface area is 139 Å². The van der Waals surface area contributed by atoms with Crippen molar-refractivity contribution in [1.82, 2.24) is 5.06 Å². The van der Waals surface area contributed by atoms with Crippen LogP contribution >= 0.6 is 0 Å². The maximum atomic E-state index is 12.1. The largest absolute Gasteiger partial charge is 0.336 e. The molecule has 3 rings (SSSR count). The van der Waals surface area contributed by atoms with Crippen LogP contribution in [0.5, 0.6) is 0 Å². The molecule has 2 amide bonds. The van der Waals surface area contributed by atoms with Crippen LogP contribution in [0.15, 0.2) is 66.7 Å². The van der Waals surface area contributed by atoms with Crippen LogP contribution in [0.1, 0.15) is 32.7 Å². The number of allylic oxidation sites excluding steroid dienone is 1. The lowest BCUT2D eigenvalue weighted by Gasteiger charge is -2.11. The van der Waals surface area contributed by atoms with E-state index in [-0.39, 0.29) is 17.5 Å². The van der Waals surface area contributed by atoms with Gasteiger partial charge in [-0.25, -0.2) is 4.79 Å². The van der Waals surface area contributed by atoms with E-state index in [9.17, 15) is 14.4 Å². The van der Waals surface area contributed by atoms with E-state index in [1.807, 2.05) is 36.4 Å². The van der Waals surface area contributed by atoms with Crippen LogP contribution in [0.4, 0.5) is 0 Å². The van der Waals surface area contributed by atoms with Crippen molar-refractivity contribution in [1.29, 1.82) is 0 Å². The smallest absolute Gasteiger partial charge is 0.329 e. The van der Waals surface area contributed by atoms with Crippen molar-refractivity contribution in [3.8, 4) is 0 Å². The lowest BCUT2D eigenvalue weighted by Crippen LogP contribution is -2.32. The first kappa shape index (κ1) is 15.7. The predicted molar refractivity (Wildman–Crippen MR) is 86.9 cm³/mol. The standard InChI is InChI=1S/C19H15NO4/c21-17(13-7-4-10-14-8-2-1-3-9-14)24-20-18(22)15-11-5-6-12-16(15)19(20)23/h1-9,11-12H,10,13H2/b7-4+. The van der Waals surface area contributed by atoms with Gasteiger partial charge in [0.1, 0.15) is 0 Å². The first-order chi connectivity index (χ1) is 11.7. The summed E-state index contributed by atoms with van der Waals surface area (Å²) in [5.41, 5.74) is 1.62. The molecule has 5 heteroatoms. The second-order valence-corrected chi connectivity index (χ2v) is 5.28. The fourth-order valence-corrected chi connectivity index (χ4v) is 2.40. The van der Waals surface area contributed by atoms with Crippen molar-refractivity contribution < 1.29 is 19.2 Å². The fourth-order valence-electron chi connectivity index (χ4n) is 2.40. The van der Waals surface area contributed by atoms with Crippen LogP contribution in [0.3, 0.4) is 0 Å². The molecule has 0 radical (unpaired) electrons. The van der Waals surface area contributed by atoms with Gasteiger partial charge in [0.05, 0.1) is 17.5 Å². The van der Waals surface area contributed by atoms with Gasteiger partial charge in [0.15, 0.2) is 0 Å². The zero-order chi connectivity index (χ0) is 16.9. The van der Waals surface area contributed by atoms with Crippen LogP contribution < -0.4 is 0 Å². The molecule has 0 fully saturated rings. The van der Waals surface area contributed by atoms with Gasteiger partial charge < -0.3 is 4.84 Å².